The highest BCUT2D eigenvalue weighted by atomic mass is 16.3. The van der Waals surface area contributed by atoms with Gasteiger partial charge in [0.1, 0.15) is 5.52 Å². The molecular weight excluding hydrogens is 597 g/mol. The van der Waals surface area contributed by atoms with Gasteiger partial charge in [0.25, 0.3) is 0 Å². The van der Waals surface area contributed by atoms with Gasteiger partial charge in [-0.3, -0.25) is 0 Å². The average molecular weight is 631 g/mol. The summed E-state index contributed by atoms with van der Waals surface area (Å²) in [6.45, 7) is 4.66. The first-order valence-electron chi connectivity index (χ1n) is 16.8. The zero-order valence-corrected chi connectivity index (χ0v) is 27.5. The molecule has 9 rings (SSSR count). The van der Waals surface area contributed by atoms with Crippen molar-refractivity contribution < 1.29 is 4.42 Å². The Morgan fingerprint density at radius 3 is 1.80 bits per heavy atom. The van der Waals surface area contributed by atoms with E-state index in [1.807, 2.05) is 6.07 Å². The number of rotatable bonds is 6. The van der Waals surface area contributed by atoms with E-state index in [1.165, 1.54) is 38.9 Å². The topological polar surface area (TPSA) is 29.3 Å². The van der Waals surface area contributed by atoms with E-state index in [4.69, 9.17) is 9.40 Å². The maximum atomic E-state index is 6.47. The Hall–Kier alpha value is -6.19. The molecule has 8 aromatic rings. The third kappa shape index (κ3) is 5.03. The summed E-state index contributed by atoms with van der Waals surface area (Å²) in [5, 5.41) is 0. The summed E-state index contributed by atoms with van der Waals surface area (Å²) >= 11 is 0. The van der Waals surface area contributed by atoms with Crippen LogP contribution in [-0.4, -0.2) is 4.98 Å². The van der Waals surface area contributed by atoms with Gasteiger partial charge in [-0.1, -0.05) is 129 Å². The van der Waals surface area contributed by atoms with Crippen molar-refractivity contribution in [1.82, 2.24) is 4.98 Å². The molecule has 0 saturated carbocycles. The van der Waals surface area contributed by atoms with E-state index in [0.29, 0.717) is 5.89 Å². The average Bonchev–Trinajstić information content (AvgIpc) is 3.69. The molecule has 0 amide bonds. The number of hydrogen-bond acceptors (Lipinski definition) is 3. The fourth-order valence-corrected chi connectivity index (χ4v) is 7.35. The lowest BCUT2D eigenvalue weighted by molar-refractivity contribution is 0.620. The normalized spacial score (nSPS) is 12.9. The highest BCUT2D eigenvalue weighted by Crippen LogP contribution is 2.50. The molecule has 0 aliphatic heterocycles. The first-order valence-corrected chi connectivity index (χ1v) is 16.8. The van der Waals surface area contributed by atoms with Gasteiger partial charge in [-0.15, -0.1) is 0 Å². The quantitative estimate of drug-likeness (QED) is 0.183. The molecule has 1 aliphatic carbocycles. The fourth-order valence-electron chi connectivity index (χ4n) is 7.35. The Morgan fingerprint density at radius 1 is 0.449 bits per heavy atom. The van der Waals surface area contributed by atoms with E-state index in [-0.39, 0.29) is 5.41 Å². The molecule has 3 heteroatoms. The molecule has 0 spiro atoms. The van der Waals surface area contributed by atoms with Crippen molar-refractivity contribution in [2.24, 2.45) is 0 Å². The van der Waals surface area contributed by atoms with Gasteiger partial charge >= 0.3 is 0 Å². The number of hydrogen-bond donors (Lipinski definition) is 0. The van der Waals surface area contributed by atoms with Gasteiger partial charge in [-0.25, -0.2) is 4.98 Å². The number of aromatic nitrogens is 1. The Kier molecular flexibility index (Phi) is 6.80. The Labute approximate surface area is 286 Å². The van der Waals surface area contributed by atoms with E-state index >= 15 is 0 Å². The van der Waals surface area contributed by atoms with Crippen LogP contribution in [0.2, 0.25) is 0 Å². The molecule has 3 nitrogen and oxygen atoms in total. The lowest BCUT2D eigenvalue weighted by Crippen LogP contribution is -2.16. The van der Waals surface area contributed by atoms with Gasteiger partial charge in [-0.05, 0) is 93.0 Å². The molecule has 0 N–H and O–H groups in total. The van der Waals surface area contributed by atoms with E-state index in [9.17, 15) is 0 Å². The molecule has 0 fully saturated rings. The van der Waals surface area contributed by atoms with Crippen molar-refractivity contribution in [2.45, 2.75) is 19.3 Å². The highest BCUT2D eigenvalue weighted by Gasteiger charge is 2.35. The summed E-state index contributed by atoms with van der Waals surface area (Å²) < 4.78 is 6.47. The van der Waals surface area contributed by atoms with Gasteiger partial charge in [0.15, 0.2) is 5.58 Å². The second-order valence-corrected chi connectivity index (χ2v) is 13.3. The second-order valence-electron chi connectivity index (χ2n) is 13.3. The maximum Gasteiger partial charge on any atom is 0.227 e. The van der Waals surface area contributed by atoms with Crippen LogP contribution < -0.4 is 4.90 Å². The van der Waals surface area contributed by atoms with Gasteiger partial charge in [0.05, 0.1) is 0 Å². The van der Waals surface area contributed by atoms with Gasteiger partial charge in [0.2, 0.25) is 5.89 Å². The first-order chi connectivity index (χ1) is 24.0. The minimum atomic E-state index is -0.112. The predicted octanol–water partition coefficient (Wildman–Crippen LogP) is 12.6. The van der Waals surface area contributed by atoms with Crippen LogP contribution in [0.3, 0.4) is 0 Å². The number of oxazole rings is 1. The summed E-state index contributed by atoms with van der Waals surface area (Å²) in [7, 11) is 0. The molecule has 7 aromatic carbocycles. The molecule has 1 aliphatic rings. The molecule has 234 valence electrons. The molecule has 0 atom stereocenters. The van der Waals surface area contributed by atoms with Gasteiger partial charge in [0, 0.05) is 34.1 Å². The van der Waals surface area contributed by atoms with Crippen LogP contribution in [-0.2, 0) is 5.41 Å². The van der Waals surface area contributed by atoms with Crippen molar-refractivity contribution >= 4 is 28.2 Å². The van der Waals surface area contributed by atoms with Gasteiger partial charge in [-0.2, -0.15) is 0 Å². The standard InChI is InChI=1S/C46H34N2O/c1-46(2)41-19-10-9-18-39(41)40-26-24-37(29-42(40)46)48(36-17-11-16-35(28-36)32-14-7-4-8-15-32)38-25-27-43-44(30-38)49-45(47-43)34-22-20-33(21-23-34)31-12-5-3-6-13-31/h3-30H,1-2H3. The number of benzene rings is 7. The third-order valence-electron chi connectivity index (χ3n) is 9.91. The SMILES string of the molecule is CC1(C)c2ccccc2-c2ccc(N(c3cccc(-c4ccccc4)c3)c3ccc4nc(-c5ccc(-c6ccccc6)cc5)oc4c3)cc21. The Balaban J connectivity index is 1.15. The lowest BCUT2D eigenvalue weighted by Gasteiger charge is -2.28. The Bertz CT molecular complexity index is 2460. The molecule has 0 unspecified atom stereocenters. The Morgan fingerprint density at radius 2 is 1.02 bits per heavy atom. The lowest BCUT2D eigenvalue weighted by atomic mass is 9.82. The second kappa shape index (κ2) is 11.5. The zero-order chi connectivity index (χ0) is 33.0. The molecule has 0 bridgehead atoms. The molecular formula is C46H34N2O. The van der Waals surface area contributed by atoms with Crippen molar-refractivity contribution in [3.05, 3.63) is 181 Å². The minimum absolute atomic E-state index is 0.112. The highest BCUT2D eigenvalue weighted by molar-refractivity contribution is 5.89. The number of anilines is 3. The van der Waals surface area contributed by atoms with Crippen LogP contribution in [0.25, 0.3) is 55.9 Å². The monoisotopic (exact) mass is 630 g/mol. The summed E-state index contributed by atoms with van der Waals surface area (Å²) in [6, 6.07) is 60.2. The van der Waals surface area contributed by atoms with Gasteiger partial charge < -0.3 is 9.32 Å². The van der Waals surface area contributed by atoms with E-state index in [1.54, 1.807) is 0 Å². The molecule has 0 radical (unpaired) electrons. The van der Waals surface area contributed by atoms with E-state index in [0.717, 1.165) is 39.3 Å². The summed E-state index contributed by atoms with van der Waals surface area (Å²) in [6.07, 6.45) is 0. The summed E-state index contributed by atoms with van der Waals surface area (Å²) in [4.78, 5) is 7.22. The van der Waals surface area contributed by atoms with Crippen molar-refractivity contribution in [3.8, 4) is 44.8 Å². The summed E-state index contributed by atoms with van der Waals surface area (Å²) in [5.74, 6) is 0.612. The van der Waals surface area contributed by atoms with Crippen LogP contribution in [0, 0.1) is 0 Å². The van der Waals surface area contributed by atoms with Crippen molar-refractivity contribution in [3.63, 3.8) is 0 Å². The van der Waals surface area contributed by atoms with Crippen LogP contribution in [0.15, 0.2) is 174 Å². The van der Waals surface area contributed by atoms with Crippen LogP contribution in [0.4, 0.5) is 17.1 Å². The number of fused-ring (bicyclic) bond motifs is 4. The number of nitrogens with zero attached hydrogens (tertiary/aromatic N) is 2. The van der Waals surface area contributed by atoms with Crippen LogP contribution >= 0.6 is 0 Å². The largest absolute Gasteiger partial charge is 0.436 e. The van der Waals surface area contributed by atoms with E-state index in [2.05, 4.69) is 183 Å². The smallest absolute Gasteiger partial charge is 0.227 e. The zero-order valence-electron chi connectivity index (χ0n) is 27.5. The van der Waals surface area contributed by atoms with Crippen LogP contribution in [0.5, 0.6) is 0 Å². The fraction of sp³-hybridized carbons (Fsp3) is 0.0652. The minimum Gasteiger partial charge on any atom is -0.436 e. The molecule has 1 aromatic heterocycles. The molecule has 1 heterocycles. The van der Waals surface area contributed by atoms with Crippen molar-refractivity contribution in [1.29, 1.82) is 0 Å². The molecule has 49 heavy (non-hydrogen) atoms. The van der Waals surface area contributed by atoms with Crippen LogP contribution in [0.1, 0.15) is 25.0 Å². The van der Waals surface area contributed by atoms with Crippen molar-refractivity contribution in [2.75, 3.05) is 4.90 Å². The maximum absolute atomic E-state index is 6.47. The first kappa shape index (κ1) is 29.0. The summed E-state index contributed by atoms with van der Waals surface area (Å²) in [5.41, 5.74) is 15.6. The van der Waals surface area contributed by atoms with E-state index < -0.39 is 0 Å². The predicted molar refractivity (Wildman–Crippen MR) is 203 cm³/mol. The molecule has 0 saturated heterocycles. The third-order valence-corrected chi connectivity index (χ3v) is 9.91.